The van der Waals surface area contributed by atoms with Crippen molar-refractivity contribution in [1.82, 2.24) is 5.32 Å². The number of hydrogen-bond acceptors (Lipinski definition) is 4. The number of carbonyl (C=O) groups is 2. The van der Waals surface area contributed by atoms with Crippen molar-refractivity contribution in [1.29, 1.82) is 0 Å². The van der Waals surface area contributed by atoms with Crippen LogP contribution in [0.5, 0.6) is 0 Å². The summed E-state index contributed by atoms with van der Waals surface area (Å²) in [6.07, 6.45) is 2.55. The van der Waals surface area contributed by atoms with E-state index in [0.717, 1.165) is 19.3 Å². The Bertz CT molecular complexity index is 299. The second-order valence-electron chi connectivity index (χ2n) is 5.33. The van der Waals surface area contributed by atoms with Gasteiger partial charge < -0.3 is 10.1 Å². The molecule has 1 N–H and O–H groups in total. The van der Waals surface area contributed by atoms with E-state index in [0.29, 0.717) is 0 Å². The minimum absolute atomic E-state index is 0.0544. The molecule has 1 rings (SSSR count). The molecule has 1 amide bonds. The third-order valence-electron chi connectivity index (χ3n) is 2.47. The molecule has 1 saturated carbocycles. The SMILES string of the molecule is CC(=O)S[C@@H]1CCC[C@@H]1NC(=O)OC(C)(C)C. The van der Waals surface area contributed by atoms with Gasteiger partial charge in [-0.05, 0) is 33.6 Å². The number of carbonyl (C=O) groups excluding carboxylic acids is 2. The molecule has 17 heavy (non-hydrogen) atoms. The monoisotopic (exact) mass is 259 g/mol. The van der Waals surface area contributed by atoms with Crippen LogP contribution < -0.4 is 5.32 Å². The van der Waals surface area contributed by atoms with E-state index in [2.05, 4.69) is 5.32 Å². The summed E-state index contributed by atoms with van der Waals surface area (Å²) in [5, 5.41) is 3.16. The van der Waals surface area contributed by atoms with E-state index in [1.807, 2.05) is 20.8 Å². The molecule has 0 radical (unpaired) electrons. The molecule has 0 aromatic heterocycles. The lowest BCUT2D eigenvalue weighted by Gasteiger charge is -2.24. The highest BCUT2D eigenvalue weighted by molar-refractivity contribution is 8.14. The van der Waals surface area contributed by atoms with Crippen LogP contribution in [0.15, 0.2) is 0 Å². The van der Waals surface area contributed by atoms with Crippen LogP contribution in [0.4, 0.5) is 4.79 Å². The summed E-state index contributed by atoms with van der Waals surface area (Å²) in [6.45, 7) is 7.07. The Labute approximate surface area is 107 Å². The summed E-state index contributed by atoms with van der Waals surface area (Å²) in [7, 11) is 0. The fourth-order valence-corrected chi connectivity index (χ4v) is 2.98. The highest BCUT2D eigenvalue weighted by Gasteiger charge is 2.31. The van der Waals surface area contributed by atoms with Crippen molar-refractivity contribution in [2.75, 3.05) is 0 Å². The maximum atomic E-state index is 11.6. The maximum absolute atomic E-state index is 11.6. The van der Waals surface area contributed by atoms with E-state index in [1.165, 1.54) is 11.8 Å². The fraction of sp³-hybridized carbons (Fsp3) is 0.833. The second kappa shape index (κ2) is 5.76. The van der Waals surface area contributed by atoms with Gasteiger partial charge in [0.15, 0.2) is 5.12 Å². The summed E-state index contributed by atoms with van der Waals surface area (Å²) in [4.78, 5) is 22.7. The quantitative estimate of drug-likeness (QED) is 0.828. The van der Waals surface area contributed by atoms with Gasteiger partial charge in [-0.15, -0.1) is 0 Å². The average Bonchev–Trinajstić information content (AvgIpc) is 2.47. The van der Waals surface area contributed by atoms with E-state index in [4.69, 9.17) is 4.74 Å². The summed E-state index contributed by atoms with van der Waals surface area (Å²) in [6, 6.07) is 0.0544. The molecular weight excluding hydrogens is 238 g/mol. The van der Waals surface area contributed by atoms with E-state index in [9.17, 15) is 9.59 Å². The molecule has 2 atom stereocenters. The summed E-state index contributed by atoms with van der Waals surface area (Å²) in [5.74, 6) is 0. The van der Waals surface area contributed by atoms with Crippen LogP contribution in [0, 0.1) is 0 Å². The average molecular weight is 259 g/mol. The lowest BCUT2D eigenvalue weighted by atomic mass is 10.2. The van der Waals surface area contributed by atoms with Crippen LogP contribution in [-0.2, 0) is 9.53 Å². The van der Waals surface area contributed by atoms with Crippen molar-refractivity contribution < 1.29 is 14.3 Å². The molecule has 0 bridgehead atoms. The van der Waals surface area contributed by atoms with Gasteiger partial charge in [0.05, 0.1) is 0 Å². The summed E-state index contributed by atoms with van der Waals surface area (Å²) >= 11 is 1.32. The van der Waals surface area contributed by atoms with Crippen molar-refractivity contribution >= 4 is 23.0 Å². The standard InChI is InChI=1S/C12H21NO3S/c1-8(14)17-10-7-5-6-9(10)13-11(15)16-12(2,3)4/h9-10H,5-7H2,1-4H3,(H,13,15)/t9-,10+/m0/s1. The molecule has 0 heterocycles. The Kier molecular flexibility index (Phi) is 4.86. The van der Waals surface area contributed by atoms with Gasteiger partial charge in [-0.1, -0.05) is 18.2 Å². The Morgan fingerprint density at radius 2 is 1.94 bits per heavy atom. The minimum Gasteiger partial charge on any atom is -0.444 e. The van der Waals surface area contributed by atoms with Gasteiger partial charge >= 0.3 is 6.09 Å². The third-order valence-corrected chi connectivity index (χ3v) is 3.67. The smallest absolute Gasteiger partial charge is 0.407 e. The Hall–Kier alpha value is -0.710. The van der Waals surface area contributed by atoms with Crippen LogP contribution in [0.2, 0.25) is 0 Å². The largest absolute Gasteiger partial charge is 0.444 e. The zero-order chi connectivity index (χ0) is 13.1. The molecule has 0 saturated heterocycles. The van der Waals surface area contributed by atoms with Gasteiger partial charge in [0.2, 0.25) is 0 Å². The van der Waals surface area contributed by atoms with Gasteiger partial charge in [0, 0.05) is 18.2 Å². The van der Waals surface area contributed by atoms with Gasteiger partial charge in [0.25, 0.3) is 0 Å². The van der Waals surface area contributed by atoms with Gasteiger partial charge in [-0.25, -0.2) is 4.79 Å². The number of rotatable bonds is 2. The zero-order valence-corrected chi connectivity index (χ0v) is 11.7. The zero-order valence-electron chi connectivity index (χ0n) is 10.9. The molecule has 5 heteroatoms. The van der Waals surface area contributed by atoms with Crippen molar-refractivity contribution in [2.45, 2.75) is 63.9 Å². The predicted octanol–water partition coefficient (Wildman–Crippen LogP) is 2.71. The van der Waals surface area contributed by atoms with Crippen LogP contribution in [-0.4, -0.2) is 28.1 Å². The molecule has 98 valence electrons. The molecule has 0 unspecified atom stereocenters. The number of thioether (sulfide) groups is 1. The van der Waals surface area contributed by atoms with Crippen molar-refractivity contribution in [3.8, 4) is 0 Å². The molecule has 0 spiro atoms. The van der Waals surface area contributed by atoms with E-state index in [-0.39, 0.29) is 16.4 Å². The van der Waals surface area contributed by atoms with Crippen molar-refractivity contribution in [3.63, 3.8) is 0 Å². The predicted molar refractivity (Wildman–Crippen MR) is 69.1 cm³/mol. The normalized spacial score (nSPS) is 24.5. The van der Waals surface area contributed by atoms with Crippen LogP contribution in [0.1, 0.15) is 47.0 Å². The van der Waals surface area contributed by atoms with Crippen LogP contribution in [0.3, 0.4) is 0 Å². The molecule has 1 aliphatic carbocycles. The van der Waals surface area contributed by atoms with Gasteiger partial charge in [-0.3, -0.25) is 4.79 Å². The highest BCUT2D eigenvalue weighted by Crippen LogP contribution is 2.30. The number of amides is 1. The van der Waals surface area contributed by atoms with Crippen LogP contribution in [0.25, 0.3) is 0 Å². The van der Waals surface area contributed by atoms with E-state index in [1.54, 1.807) is 6.92 Å². The number of ether oxygens (including phenoxy) is 1. The van der Waals surface area contributed by atoms with Crippen molar-refractivity contribution in [2.24, 2.45) is 0 Å². The first-order valence-electron chi connectivity index (χ1n) is 5.94. The van der Waals surface area contributed by atoms with Gasteiger partial charge in [-0.2, -0.15) is 0 Å². The summed E-state index contributed by atoms with van der Waals surface area (Å²) in [5.41, 5.74) is -0.480. The van der Waals surface area contributed by atoms with E-state index >= 15 is 0 Å². The Morgan fingerprint density at radius 3 is 2.47 bits per heavy atom. The van der Waals surface area contributed by atoms with E-state index < -0.39 is 11.7 Å². The number of nitrogens with one attached hydrogen (secondary N) is 1. The lowest BCUT2D eigenvalue weighted by molar-refractivity contribution is -0.109. The first-order chi connectivity index (χ1) is 7.78. The topological polar surface area (TPSA) is 55.4 Å². The Balaban J connectivity index is 2.44. The second-order valence-corrected chi connectivity index (χ2v) is 6.75. The van der Waals surface area contributed by atoms with Gasteiger partial charge in [0.1, 0.15) is 5.60 Å². The molecule has 4 nitrogen and oxygen atoms in total. The molecule has 0 aliphatic heterocycles. The van der Waals surface area contributed by atoms with Crippen LogP contribution >= 0.6 is 11.8 Å². The van der Waals surface area contributed by atoms with Crippen molar-refractivity contribution in [3.05, 3.63) is 0 Å². The first kappa shape index (κ1) is 14.4. The first-order valence-corrected chi connectivity index (χ1v) is 6.82. The maximum Gasteiger partial charge on any atom is 0.407 e. The molecule has 0 aromatic rings. The number of hydrogen-bond donors (Lipinski definition) is 1. The molecule has 1 fully saturated rings. The molecule has 1 aliphatic rings. The summed E-state index contributed by atoms with van der Waals surface area (Å²) < 4.78 is 5.21. The molecular formula is C12H21NO3S. The highest BCUT2D eigenvalue weighted by atomic mass is 32.2. The number of alkyl carbamates (subject to hydrolysis) is 1. The minimum atomic E-state index is -0.480. The Morgan fingerprint density at radius 1 is 1.29 bits per heavy atom. The third kappa shape index (κ3) is 5.44. The fourth-order valence-electron chi connectivity index (χ4n) is 1.90. The molecule has 0 aromatic carbocycles. The lowest BCUT2D eigenvalue weighted by Crippen LogP contribution is -2.42.